The van der Waals surface area contributed by atoms with E-state index in [-0.39, 0.29) is 0 Å². The zero-order chi connectivity index (χ0) is 14.6. The van der Waals surface area contributed by atoms with Crippen LogP contribution < -0.4 is 0 Å². The van der Waals surface area contributed by atoms with Gasteiger partial charge in [0, 0.05) is 0 Å². The van der Waals surface area contributed by atoms with E-state index in [0.29, 0.717) is 5.73 Å². The summed E-state index contributed by atoms with van der Waals surface area (Å²) < 4.78 is 1.01. The van der Waals surface area contributed by atoms with Gasteiger partial charge in [0.2, 0.25) is 0 Å². The van der Waals surface area contributed by atoms with Crippen molar-refractivity contribution in [2.75, 3.05) is 0 Å². The van der Waals surface area contributed by atoms with Gasteiger partial charge in [-0.15, -0.1) is 0 Å². The topological polar surface area (TPSA) is 0 Å². The maximum absolute atomic E-state index is 2.53. The molecule has 19 heavy (non-hydrogen) atoms. The first-order valence-electron chi connectivity index (χ1n) is 6.89. The van der Waals surface area contributed by atoms with Crippen LogP contribution in [-0.4, -0.2) is 16.3 Å². The standard InChI is InChI=1S/2C8H12P.Zr/c2*1-5-6(2)8(4)9-7(5)3;/h2*1-4H3;. The van der Waals surface area contributed by atoms with E-state index >= 15 is 0 Å². The van der Waals surface area contributed by atoms with Gasteiger partial charge in [0.15, 0.2) is 0 Å². The Kier molecular flexibility index (Phi) is 4.37. The summed E-state index contributed by atoms with van der Waals surface area (Å²) in [6.07, 6.45) is 0. The Balaban J connectivity index is 2.40. The van der Waals surface area contributed by atoms with Crippen LogP contribution in [0.1, 0.15) is 55.4 Å². The molecule has 2 unspecified atom stereocenters. The van der Waals surface area contributed by atoms with Gasteiger partial charge in [0.25, 0.3) is 0 Å². The van der Waals surface area contributed by atoms with Gasteiger partial charge < -0.3 is 0 Å². The molecule has 0 N–H and O–H groups in total. The van der Waals surface area contributed by atoms with Gasteiger partial charge in [-0.3, -0.25) is 0 Å². The molecule has 2 atom stereocenters. The van der Waals surface area contributed by atoms with E-state index in [1.807, 2.05) is 0 Å². The van der Waals surface area contributed by atoms with E-state index < -0.39 is 23.2 Å². The van der Waals surface area contributed by atoms with Gasteiger partial charge in [0.05, 0.1) is 0 Å². The predicted molar refractivity (Wildman–Crippen MR) is 88.8 cm³/mol. The monoisotopic (exact) mass is 368 g/mol. The molecular weight excluding hydrogens is 345 g/mol. The third-order valence-corrected chi connectivity index (χ3v) is 15.1. The summed E-state index contributed by atoms with van der Waals surface area (Å²) >= 11 is -0.569. The second-order valence-electron chi connectivity index (χ2n) is 6.16. The Labute approximate surface area is 133 Å². The Bertz CT molecular complexity index is 515. The van der Waals surface area contributed by atoms with Crippen molar-refractivity contribution in [2.45, 2.75) is 61.1 Å². The van der Waals surface area contributed by atoms with Crippen molar-refractivity contribution in [3.63, 3.8) is 0 Å². The number of rotatable bonds is 2. The second kappa shape index (κ2) is 5.16. The first-order valence-corrected chi connectivity index (χ1v) is 11.1. The SMILES string of the molecule is CC1=P[C](C)([Zr][C]2(C)P=C(C)C(C)=C2C)C(C)=C1C. The molecular formula is C16H24P2Zr. The summed E-state index contributed by atoms with van der Waals surface area (Å²) in [7, 11) is 3.21. The van der Waals surface area contributed by atoms with Gasteiger partial charge in [0.1, 0.15) is 0 Å². The molecule has 0 spiro atoms. The fourth-order valence-corrected chi connectivity index (χ4v) is 16.4. The van der Waals surface area contributed by atoms with Crippen LogP contribution in [0.2, 0.25) is 0 Å². The van der Waals surface area contributed by atoms with E-state index in [1.54, 1.807) is 49.3 Å². The van der Waals surface area contributed by atoms with Crippen molar-refractivity contribution in [1.82, 2.24) is 0 Å². The predicted octanol–water partition coefficient (Wildman–Crippen LogP) is 5.48. The molecule has 0 nitrogen and oxygen atoms in total. The summed E-state index contributed by atoms with van der Waals surface area (Å²) in [4.78, 5) is 0. The minimum absolute atomic E-state index is 0.505. The number of hydrogen-bond acceptors (Lipinski definition) is 0. The summed E-state index contributed by atoms with van der Waals surface area (Å²) in [5.74, 6) is 0. The van der Waals surface area contributed by atoms with Crippen LogP contribution in [0.4, 0.5) is 0 Å². The van der Waals surface area contributed by atoms with Crippen molar-refractivity contribution >= 4 is 27.0 Å². The quantitative estimate of drug-likeness (QED) is 0.566. The van der Waals surface area contributed by atoms with E-state index in [1.165, 1.54) is 0 Å². The van der Waals surface area contributed by atoms with Crippen LogP contribution in [-0.2, 0) is 23.2 Å². The molecule has 2 aliphatic heterocycles. The molecule has 0 aromatic carbocycles. The Morgan fingerprint density at radius 2 is 1.00 bits per heavy atom. The fourth-order valence-electron chi connectivity index (χ4n) is 3.00. The molecule has 0 aromatic heterocycles. The van der Waals surface area contributed by atoms with Crippen LogP contribution in [0, 0.1) is 0 Å². The molecule has 2 aliphatic rings. The molecule has 0 aromatic rings. The average molecular weight is 370 g/mol. The van der Waals surface area contributed by atoms with Crippen molar-refractivity contribution in [1.29, 1.82) is 0 Å². The maximum atomic E-state index is 2.53. The van der Waals surface area contributed by atoms with E-state index in [9.17, 15) is 0 Å². The van der Waals surface area contributed by atoms with Gasteiger partial charge in [-0.05, 0) is 0 Å². The first kappa shape index (κ1) is 16.1. The van der Waals surface area contributed by atoms with Crippen LogP contribution in [0.15, 0.2) is 22.3 Å². The molecule has 0 fully saturated rings. The normalized spacial score (nSPS) is 36.6. The second-order valence-corrected chi connectivity index (χ2v) is 17.3. The van der Waals surface area contributed by atoms with Gasteiger partial charge >= 0.3 is 134 Å². The van der Waals surface area contributed by atoms with Crippen molar-refractivity contribution in [2.24, 2.45) is 0 Å². The van der Waals surface area contributed by atoms with E-state index in [4.69, 9.17) is 0 Å². The van der Waals surface area contributed by atoms with E-state index in [0.717, 1.165) is 0 Å². The zero-order valence-electron chi connectivity index (χ0n) is 13.4. The van der Waals surface area contributed by atoms with E-state index in [2.05, 4.69) is 55.4 Å². The molecule has 0 aliphatic carbocycles. The fraction of sp³-hybridized carbons (Fsp3) is 0.625. The van der Waals surface area contributed by atoms with Crippen LogP contribution in [0.3, 0.4) is 0 Å². The molecule has 0 saturated carbocycles. The van der Waals surface area contributed by atoms with Gasteiger partial charge in [-0.1, -0.05) is 0 Å². The number of allylic oxidation sites excluding steroid dienone is 4. The molecule has 0 radical (unpaired) electrons. The van der Waals surface area contributed by atoms with Crippen molar-refractivity contribution < 1.29 is 23.2 Å². The zero-order valence-corrected chi connectivity index (χ0v) is 17.6. The number of hydrogen-bond donors (Lipinski definition) is 0. The molecule has 2 rings (SSSR count). The summed E-state index contributed by atoms with van der Waals surface area (Å²) in [6, 6.07) is 0. The van der Waals surface area contributed by atoms with Crippen molar-refractivity contribution in [3.8, 4) is 0 Å². The molecule has 0 amide bonds. The van der Waals surface area contributed by atoms with Gasteiger partial charge in [-0.25, -0.2) is 0 Å². The summed E-state index contributed by atoms with van der Waals surface area (Å²) in [5, 5.41) is 3.22. The molecule has 102 valence electrons. The molecule has 3 heteroatoms. The Morgan fingerprint density at radius 3 is 1.21 bits per heavy atom. The third-order valence-electron chi connectivity index (χ3n) is 4.94. The van der Waals surface area contributed by atoms with Gasteiger partial charge in [-0.2, -0.15) is 0 Å². The van der Waals surface area contributed by atoms with Crippen LogP contribution in [0.25, 0.3) is 0 Å². The molecule has 0 saturated heterocycles. The summed E-state index contributed by atoms with van der Waals surface area (Å²) in [6.45, 7) is 19.1. The first-order chi connectivity index (χ1) is 8.61. The average Bonchev–Trinajstić information content (AvgIpc) is 2.61. The molecule has 2 heterocycles. The minimum atomic E-state index is -0.569. The molecule has 0 bridgehead atoms. The third kappa shape index (κ3) is 2.61. The summed E-state index contributed by atoms with van der Waals surface area (Å²) in [5.41, 5.74) is 6.54. The Morgan fingerprint density at radius 1 is 0.684 bits per heavy atom. The van der Waals surface area contributed by atoms with Crippen LogP contribution in [0.5, 0.6) is 0 Å². The van der Waals surface area contributed by atoms with Crippen LogP contribution >= 0.6 is 16.4 Å². The van der Waals surface area contributed by atoms with Crippen molar-refractivity contribution in [3.05, 3.63) is 22.3 Å². The Hall–Kier alpha value is 0.703.